The van der Waals surface area contributed by atoms with Gasteiger partial charge in [0.15, 0.2) is 0 Å². The number of benzene rings is 2. The van der Waals surface area contributed by atoms with Gasteiger partial charge in [-0.1, -0.05) is 35.9 Å². The zero-order valence-corrected chi connectivity index (χ0v) is 12.5. The maximum atomic E-state index is 13.3. The monoisotopic (exact) mass is 323 g/mol. The molecule has 0 bridgehead atoms. The van der Waals surface area contributed by atoms with Crippen molar-refractivity contribution in [2.45, 2.75) is 18.5 Å². The lowest BCUT2D eigenvalue weighted by molar-refractivity contribution is 0.0694. The minimum atomic E-state index is -4.29. The highest BCUT2D eigenvalue weighted by atomic mass is 32.2. The Hall–Kier alpha value is -2.25. The van der Waals surface area contributed by atoms with Crippen LogP contribution in [0.2, 0.25) is 0 Å². The number of aromatic carboxylic acids is 1. The Morgan fingerprint density at radius 3 is 2.23 bits per heavy atom. The van der Waals surface area contributed by atoms with Gasteiger partial charge in [0.25, 0.3) is 0 Å². The predicted molar refractivity (Wildman–Crippen MR) is 79.8 cm³/mol. The molecule has 0 aliphatic heterocycles. The van der Waals surface area contributed by atoms with Crippen molar-refractivity contribution in [3.05, 3.63) is 53.1 Å². The quantitative estimate of drug-likeness (QED) is 0.903. The van der Waals surface area contributed by atoms with Crippen LogP contribution in [0, 0.1) is 6.92 Å². The highest BCUT2D eigenvalue weighted by molar-refractivity contribution is 7.89. The van der Waals surface area contributed by atoms with Crippen LogP contribution in [-0.4, -0.2) is 19.5 Å². The van der Waals surface area contributed by atoms with Crippen molar-refractivity contribution in [1.29, 1.82) is 0 Å². The highest BCUT2D eigenvalue weighted by Crippen LogP contribution is 2.32. The van der Waals surface area contributed by atoms with Gasteiger partial charge < -0.3 is 5.11 Å². The normalized spacial score (nSPS) is 11.4. The maximum Gasteiger partial charge on any atom is 0.336 e. The smallest absolute Gasteiger partial charge is 0.336 e. The molecule has 3 N–H and O–H groups in total. The number of primary sulfonamides is 1. The van der Waals surface area contributed by atoms with Gasteiger partial charge in [0.2, 0.25) is 10.0 Å². The van der Waals surface area contributed by atoms with Gasteiger partial charge in [0, 0.05) is 11.1 Å². The average Bonchev–Trinajstić information content (AvgIpc) is 2.45. The first-order valence-electron chi connectivity index (χ1n) is 6.30. The second kappa shape index (κ2) is 5.86. The van der Waals surface area contributed by atoms with E-state index in [9.17, 15) is 17.6 Å². The molecule has 0 heterocycles. The summed E-state index contributed by atoms with van der Waals surface area (Å²) < 4.78 is 37.0. The van der Waals surface area contributed by atoms with Gasteiger partial charge in [0.05, 0.1) is 10.5 Å². The number of rotatable bonds is 4. The largest absolute Gasteiger partial charge is 0.478 e. The van der Waals surface area contributed by atoms with Gasteiger partial charge in [-0.3, -0.25) is 0 Å². The third-order valence-electron chi connectivity index (χ3n) is 3.27. The first kappa shape index (κ1) is 16.1. The molecule has 0 saturated carbocycles. The highest BCUT2D eigenvalue weighted by Gasteiger charge is 2.25. The lowest BCUT2D eigenvalue weighted by atomic mass is 9.98. The summed E-state index contributed by atoms with van der Waals surface area (Å²) >= 11 is 0. The molecule has 22 heavy (non-hydrogen) atoms. The van der Waals surface area contributed by atoms with Gasteiger partial charge in [-0.05, 0) is 18.6 Å². The molecule has 5 nitrogen and oxygen atoms in total. The average molecular weight is 323 g/mol. The summed E-state index contributed by atoms with van der Waals surface area (Å²) in [6.07, 6.45) is 0. The Morgan fingerprint density at radius 2 is 1.77 bits per heavy atom. The number of aryl methyl sites for hydroxylation is 1. The van der Waals surface area contributed by atoms with Crippen molar-refractivity contribution in [2.75, 3.05) is 0 Å². The van der Waals surface area contributed by atoms with Crippen molar-refractivity contribution < 1.29 is 22.7 Å². The molecule has 0 fully saturated rings. The van der Waals surface area contributed by atoms with Gasteiger partial charge in [-0.2, -0.15) is 0 Å². The lowest BCUT2D eigenvalue weighted by Gasteiger charge is -2.14. The molecule has 116 valence electrons. The Labute approximate surface area is 127 Å². The van der Waals surface area contributed by atoms with E-state index >= 15 is 0 Å². The molecule has 0 spiro atoms. The van der Waals surface area contributed by atoms with E-state index in [-0.39, 0.29) is 5.56 Å². The maximum absolute atomic E-state index is 13.3. The lowest BCUT2D eigenvalue weighted by Crippen LogP contribution is -2.18. The van der Waals surface area contributed by atoms with Crippen LogP contribution in [0.4, 0.5) is 4.39 Å². The number of carboxylic acids is 1. The number of hydrogen-bond donors (Lipinski definition) is 2. The third kappa shape index (κ3) is 3.00. The number of hydrogen-bond acceptors (Lipinski definition) is 3. The Morgan fingerprint density at radius 1 is 1.18 bits per heavy atom. The SMILES string of the molecule is Cc1ccc(-c2ccc(C(=O)O)c(CF)c2S(N)(=O)=O)cc1. The van der Waals surface area contributed by atoms with E-state index in [2.05, 4.69) is 0 Å². The first-order chi connectivity index (χ1) is 10.3. The predicted octanol–water partition coefficient (Wildman–Crippen LogP) is 2.48. The third-order valence-corrected chi connectivity index (χ3v) is 4.31. The molecule has 0 atom stereocenters. The molecule has 7 heteroatoms. The minimum absolute atomic E-state index is 0.181. The van der Waals surface area contributed by atoms with E-state index in [4.69, 9.17) is 10.2 Å². The Balaban J connectivity index is 2.86. The second-order valence-corrected chi connectivity index (χ2v) is 6.32. The van der Waals surface area contributed by atoms with E-state index in [0.29, 0.717) is 5.56 Å². The van der Waals surface area contributed by atoms with Crippen LogP contribution in [0.5, 0.6) is 0 Å². The van der Waals surface area contributed by atoms with Crippen LogP contribution in [0.15, 0.2) is 41.3 Å². The summed E-state index contributed by atoms with van der Waals surface area (Å²) in [5, 5.41) is 14.3. The van der Waals surface area contributed by atoms with Crippen LogP contribution >= 0.6 is 0 Å². The fourth-order valence-corrected chi connectivity index (χ4v) is 3.25. The standard InChI is InChI=1S/C15H14FNO4S/c1-9-2-4-10(5-3-9)11-6-7-12(15(18)19)13(8-16)14(11)22(17,20)21/h2-7H,8H2,1H3,(H,18,19)(H2,17,20,21). The van der Waals surface area contributed by atoms with Gasteiger partial charge in [-0.25, -0.2) is 22.7 Å². The number of carbonyl (C=O) groups is 1. The van der Waals surface area contributed by atoms with Crippen LogP contribution in [0.25, 0.3) is 11.1 Å². The van der Waals surface area contributed by atoms with Crippen LogP contribution < -0.4 is 5.14 Å². The molecule has 2 aromatic rings. The van der Waals surface area contributed by atoms with E-state index < -0.39 is 38.7 Å². The number of carboxylic acid groups (broad SMARTS) is 1. The topological polar surface area (TPSA) is 97.5 Å². The number of sulfonamides is 1. The number of halogens is 1. The Bertz CT molecular complexity index is 829. The summed E-state index contributed by atoms with van der Waals surface area (Å²) in [7, 11) is -4.29. The van der Waals surface area contributed by atoms with E-state index in [1.807, 2.05) is 6.92 Å². The second-order valence-electron chi connectivity index (χ2n) is 4.82. The summed E-state index contributed by atoms with van der Waals surface area (Å²) in [5.74, 6) is -1.41. The summed E-state index contributed by atoms with van der Waals surface area (Å²) in [4.78, 5) is 10.7. The van der Waals surface area contributed by atoms with Gasteiger partial charge in [-0.15, -0.1) is 0 Å². The van der Waals surface area contributed by atoms with E-state index in [1.54, 1.807) is 24.3 Å². The Kier molecular flexibility index (Phi) is 4.30. The molecule has 0 aliphatic carbocycles. The fourth-order valence-electron chi connectivity index (χ4n) is 2.25. The zero-order chi connectivity index (χ0) is 16.5. The number of alkyl halides is 1. The molecule has 0 radical (unpaired) electrons. The molecular weight excluding hydrogens is 309 g/mol. The summed E-state index contributed by atoms with van der Waals surface area (Å²) in [5.41, 5.74) is 0.811. The van der Waals surface area contributed by atoms with Crippen molar-refractivity contribution in [3.8, 4) is 11.1 Å². The summed E-state index contributed by atoms with van der Waals surface area (Å²) in [6, 6.07) is 9.38. The van der Waals surface area contributed by atoms with E-state index in [1.165, 1.54) is 12.1 Å². The van der Waals surface area contributed by atoms with Crippen LogP contribution in [-0.2, 0) is 16.7 Å². The molecule has 0 amide bonds. The van der Waals surface area contributed by atoms with Crippen LogP contribution in [0.3, 0.4) is 0 Å². The van der Waals surface area contributed by atoms with Crippen molar-refractivity contribution in [1.82, 2.24) is 0 Å². The van der Waals surface area contributed by atoms with Gasteiger partial charge in [0.1, 0.15) is 6.67 Å². The molecule has 0 aliphatic rings. The van der Waals surface area contributed by atoms with Crippen molar-refractivity contribution in [3.63, 3.8) is 0 Å². The molecule has 2 rings (SSSR count). The van der Waals surface area contributed by atoms with Gasteiger partial charge >= 0.3 is 5.97 Å². The fraction of sp³-hybridized carbons (Fsp3) is 0.133. The molecule has 2 aromatic carbocycles. The van der Waals surface area contributed by atoms with Crippen molar-refractivity contribution >= 4 is 16.0 Å². The molecule has 0 aromatic heterocycles. The molecule has 0 unspecified atom stereocenters. The van der Waals surface area contributed by atoms with Crippen LogP contribution in [0.1, 0.15) is 21.5 Å². The summed E-state index contributed by atoms with van der Waals surface area (Å²) in [6.45, 7) is 0.623. The first-order valence-corrected chi connectivity index (χ1v) is 7.85. The van der Waals surface area contributed by atoms with Crippen molar-refractivity contribution in [2.24, 2.45) is 5.14 Å². The van der Waals surface area contributed by atoms with E-state index in [0.717, 1.165) is 5.56 Å². The molecule has 0 saturated heterocycles. The number of nitrogens with two attached hydrogens (primary N) is 1. The zero-order valence-electron chi connectivity index (χ0n) is 11.7. The molecular formula is C15H14FNO4S. The minimum Gasteiger partial charge on any atom is -0.478 e.